The summed E-state index contributed by atoms with van der Waals surface area (Å²) in [6.45, 7) is 4.43. The number of pyridine rings is 1. The van der Waals surface area contributed by atoms with Gasteiger partial charge in [0.2, 0.25) is 0 Å². The summed E-state index contributed by atoms with van der Waals surface area (Å²) in [5.74, 6) is -0.677. The van der Waals surface area contributed by atoms with E-state index in [9.17, 15) is 8.78 Å². The van der Waals surface area contributed by atoms with Crippen LogP contribution < -0.4 is 5.32 Å². The highest BCUT2D eigenvalue weighted by Crippen LogP contribution is 2.24. The van der Waals surface area contributed by atoms with Gasteiger partial charge in [-0.05, 0) is 49.2 Å². The second-order valence-electron chi connectivity index (χ2n) is 4.77. The molecule has 0 radical (unpaired) electrons. The zero-order chi connectivity index (χ0) is 14.5. The van der Waals surface area contributed by atoms with E-state index < -0.39 is 6.04 Å². The number of aryl methyl sites for hydroxylation is 1. The van der Waals surface area contributed by atoms with E-state index in [0.29, 0.717) is 23.4 Å². The van der Waals surface area contributed by atoms with Gasteiger partial charge in [0.15, 0.2) is 0 Å². The normalized spacial score (nSPS) is 12.4. The lowest BCUT2D eigenvalue weighted by Gasteiger charge is -2.19. The van der Waals surface area contributed by atoms with Crippen molar-refractivity contribution in [2.45, 2.75) is 26.3 Å². The summed E-state index contributed by atoms with van der Waals surface area (Å²) < 4.78 is 27.7. The molecule has 0 spiro atoms. The number of halogens is 2. The van der Waals surface area contributed by atoms with Gasteiger partial charge in [-0.3, -0.25) is 4.98 Å². The highest BCUT2D eigenvalue weighted by molar-refractivity contribution is 5.31. The van der Waals surface area contributed by atoms with Crippen LogP contribution in [0.15, 0.2) is 36.5 Å². The highest BCUT2D eigenvalue weighted by atomic mass is 19.1. The maximum absolute atomic E-state index is 13.9. The minimum absolute atomic E-state index is 0.290. The molecule has 1 N–H and O–H groups in total. The van der Waals surface area contributed by atoms with Gasteiger partial charge in [0, 0.05) is 6.20 Å². The number of benzene rings is 1. The Bertz CT molecular complexity index is 584. The third-order valence-electron chi connectivity index (χ3n) is 3.19. The molecule has 1 aromatic heterocycles. The van der Waals surface area contributed by atoms with Gasteiger partial charge in [0.25, 0.3) is 0 Å². The molecule has 0 aliphatic carbocycles. The smallest absolute Gasteiger partial charge is 0.146 e. The van der Waals surface area contributed by atoms with Crippen molar-refractivity contribution in [3.63, 3.8) is 0 Å². The summed E-state index contributed by atoms with van der Waals surface area (Å²) in [7, 11) is 0. The number of nitrogens with one attached hydrogen (secondary N) is 1. The Kier molecular flexibility index (Phi) is 4.79. The molecule has 2 aromatic rings. The third-order valence-corrected chi connectivity index (χ3v) is 3.19. The predicted octanol–water partition coefficient (Wildman–Crippen LogP) is 3.76. The van der Waals surface area contributed by atoms with Crippen LogP contribution in [-0.4, -0.2) is 11.5 Å². The van der Waals surface area contributed by atoms with E-state index in [2.05, 4.69) is 10.3 Å². The standard InChI is InChI=1S/C16H18F2N2/c1-3-8-19-15(16-13(17)5-4-9-20-16)12-7-6-11(2)14(18)10-12/h4-7,9-10,15,19H,3,8H2,1-2H3. The van der Waals surface area contributed by atoms with Crippen molar-refractivity contribution in [2.24, 2.45) is 0 Å². The van der Waals surface area contributed by atoms with Crippen LogP contribution in [-0.2, 0) is 0 Å². The molecule has 0 aliphatic heterocycles. The van der Waals surface area contributed by atoms with E-state index in [4.69, 9.17) is 0 Å². The van der Waals surface area contributed by atoms with Gasteiger partial charge in [0.05, 0.1) is 11.7 Å². The Labute approximate surface area is 117 Å². The van der Waals surface area contributed by atoms with E-state index in [1.54, 1.807) is 31.3 Å². The SMILES string of the molecule is CCCNC(c1ccc(C)c(F)c1)c1ncccc1F. The monoisotopic (exact) mass is 276 g/mol. The van der Waals surface area contributed by atoms with Crippen LogP contribution in [0, 0.1) is 18.6 Å². The molecule has 106 valence electrons. The number of nitrogens with zero attached hydrogens (tertiary/aromatic N) is 1. The summed E-state index contributed by atoms with van der Waals surface area (Å²) in [6, 6.07) is 7.42. The van der Waals surface area contributed by atoms with E-state index >= 15 is 0 Å². The third kappa shape index (κ3) is 3.20. The van der Waals surface area contributed by atoms with Crippen LogP contribution in [0.4, 0.5) is 8.78 Å². The average Bonchev–Trinajstić information content (AvgIpc) is 2.44. The zero-order valence-corrected chi connectivity index (χ0v) is 11.7. The van der Waals surface area contributed by atoms with Crippen molar-refractivity contribution in [1.29, 1.82) is 0 Å². The molecule has 2 rings (SSSR count). The maximum Gasteiger partial charge on any atom is 0.146 e. The van der Waals surface area contributed by atoms with Gasteiger partial charge in [0.1, 0.15) is 11.6 Å². The van der Waals surface area contributed by atoms with Gasteiger partial charge >= 0.3 is 0 Å². The Hall–Kier alpha value is -1.81. The van der Waals surface area contributed by atoms with Gasteiger partial charge in [-0.15, -0.1) is 0 Å². The van der Waals surface area contributed by atoms with Gasteiger partial charge in [-0.2, -0.15) is 0 Å². The van der Waals surface area contributed by atoms with Crippen molar-refractivity contribution in [3.05, 3.63) is 65.0 Å². The molecule has 0 amide bonds. The summed E-state index contributed by atoms with van der Waals surface area (Å²) in [5.41, 5.74) is 1.55. The van der Waals surface area contributed by atoms with Crippen LogP contribution in [0.3, 0.4) is 0 Å². The fourth-order valence-electron chi connectivity index (χ4n) is 2.06. The molecular formula is C16H18F2N2. The summed E-state index contributed by atoms with van der Waals surface area (Å²) in [5, 5.41) is 3.22. The van der Waals surface area contributed by atoms with Crippen molar-refractivity contribution in [1.82, 2.24) is 10.3 Å². The summed E-state index contributed by atoms with van der Waals surface area (Å²) in [4.78, 5) is 4.10. The largest absolute Gasteiger partial charge is 0.305 e. The molecule has 0 saturated heterocycles. The van der Waals surface area contributed by atoms with Crippen LogP contribution in [0.25, 0.3) is 0 Å². The molecule has 20 heavy (non-hydrogen) atoms. The van der Waals surface area contributed by atoms with Crippen molar-refractivity contribution in [2.75, 3.05) is 6.54 Å². The molecular weight excluding hydrogens is 258 g/mol. The van der Waals surface area contributed by atoms with E-state index in [-0.39, 0.29) is 11.6 Å². The molecule has 2 nitrogen and oxygen atoms in total. The van der Waals surface area contributed by atoms with Crippen LogP contribution in [0.2, 0.25) is 0 Å². The lowest BCUT2D eigenvalue weighted by atomic mass is 10.0. The fourth-order valence-corrected chi connectivity index (χ4v) is 2.06. The summed E-state index contributed by atoms with van der Waals surface area (Å²) >= 11 is 0. The van der Waals surface area contributed by atoms with Gasteiger partial charge in [-0.1, -0.05) is 19.1 Å². The molecule has 1 heterocycles. The first kappa shape index (κ1) is 14.6. The van der Waals surface area contributed by atoms with Crippen molar-refractivity contribution >= 4 is 0 Å². The lowest BCUT2D eigenvalue weighted by Crippen LogP contribution is -2.25. The Balaban J connectivity index is 2.41. The second kappa shape index (κ2) is 6.57. The molecule has 4 heteroatoms. The van der Waals surface area contributed by atoms with Crippen LogP contribution in [0.1, 0.15) is 36.2 Å². The van der Waals surface area contributed by atoms with E-state index in [0.717, 1.165) is 6.42 Å². The first-order chi connectivity index (χ1) is 9.63. The fraction of sp³-hybridized carbons (Fsp3) is 0.312. The first-order valence-corrected chi connectivity index (χ1v) is 6.73. The number of hydrogen-bond acceptors (Lipinski definition) is 2. The molecule has 1 atom stereocenters. The zero-order valence-electron chi connectivity index (χ0n) is 11.7. The molecule has 0 aliphatic rings. The summed E-state index contributed by atoms with van der Waals surface area (Å²) in [6.07, 6.45) is 2.45. The van der Waals surface area contributed by atoms with Crippen LogP contribution >= 0.6 is 0 Å². The molecule has 0 saturated carbocycles. The number of rotatable bonds is 5. The molecule has 1 unspecified atom stereocenters. The molecule has 0 bridgehead atoms. The quantitative estimate of drug-likeness (QED) is 0.899. The van der Waals surface area contributed by atoms with E-state index in [1.807, 2.05) is 6.92 Å². The molecule has 1 aromatic carbocycles. The second-order valence-corrected chi connectivity index (χ2v) is 4.77. The average molecular weight is 276 g/mol. The minimum atomic E-state index is -0.439. The number of hydrogen-bond donors (Lipinski definition) is 1. The Morgan fingerprint density at radius 1 is 1.20 bits per heavy atom. The highest BCUT2D eigenvalue weighted by Gasteiger charge is 2.19. The van der Waals surface area contributed by atoms with Crippen LogP contribution in [0.5, 0.6) is 0 Å². The Morgan fingerprint density at radius 3 is 2.65 bits per heavy atom. The first-order valence-electron chi connectivity index (χ1n) is 6.73. The molecule has 0 fully saturated rings. The van der Waals surface area contributed by atoms with Gasteiger partial charge < -0.3 is 5.32 Å². The van der Waals surface area contributed by atoms with Crippen molar-refractivity contribution in [3.8, 4) is 0 Å². The van der Waals surface area contributed by atoms with E-state index in [1.165, 1.54) is 12.1 Å². The Morgan fingerprint density at radius 2 is 2.00 bits per heavy atom. The van der Waals surface area contributed by atoms with Crippen molar-refractivity contribution < 1.29 is 8.78 Å². The lowest BCUT2D eigenvalue weighted by molar-refractivity contribution is 0.527. The van der Waals surface area contributed by atoms with Gasteiger partial charge in [-0.25, -0.2) is 8.78 Å². The maximum atomic E-state index is 13.9. The topological polar surface area (TPSA) is 24.9 Å². The predicted molar refractivity (Wildman–Crippen MR) is 75.5 cm³/mol. The number of aromatic nitrogens is 1. The minimum Gasteiger partial charge on any atom is -0.305 e.